The summed E-state index contributed by atoms with van der Waals surface area (Å²) in [6, 6.07) is 14.3. The summed E-state index contributed by atoms with van der Waals surface area (Å²) >= 11 is 0. The van der Waals surface area contributed by atoms with Crippen LogP contribution in [-0.2, 0) is 4.74 Å². The molecule has 0 saturated carbocycles. The number of aromatic nitrogens is 2. The summed E-state index contributed by atoms with van der Waals surface area (Å²) < 4.78 is 40.2. The van der Waals surface area contributed by atoms with Crippen molar-refractivity contribution in [2.24, 2.45) is 5.73 Å². The van der Waals surface area contributed by atoms with Crippen molar-refractivity contribution in [3.05, 3.63) is 65.9 Å². The number of carbonyl (C=O) groups excluding carboxylic acids is 2. The quantitative estimate of drug-likeness (QED) is 0.324. The molecule has 0 saturated heterocycles. The van der Waals surface area contributed by atoms with E-state index in [2.05, 4.69) is 20.3 Å². The van der Waals surface area contributed by atoms with E-state index in [0.29, 0.717) is 36.4 Å². The number of H-pyrrole nitrogens is 1. The van der Waals surface area contributed by atoms with Gasteiger partial charge in [-0.15, -0.1) is 0 Å². The molecule has 2 aromatic carbocycles. The molecule has 186 valence electrons. The molecule has 0 radical (unpaired) electrons. The topological polar surface area (TPSA) is 129 Å². The predicted molar refractivity (Wildman–Crippen MR) is 123 cm³/mol. The summed E-state index contributed by atoms with van der Waals surface area (Å²) in [5, 5.41) is 10.2. The summed E-state index contributed by atoms with van der Waals surface area (Å²) in [5.41, 5.74) is 6.91. The molecular formula is C24H26F2N4O5. The van der Waals surface area contributed by atoms with Gasteiger partial charge in [0.25, 0.3) is 5.91 Å². The zero-order valence-corrected chi connectivity index (χ0v) is 19.0. The molecule has 1 heterocycles. The molecule has 9 nitrogen and oxygen atoms in total. The van der Waals surface area contributed by atoms with E-state index in [4.69, 9.17) is 15.2 Å². The zero-order valence-electron chi connectivity index (χ0n) is 19.0. The van der Waals surface area contributed by atoms with Crippen LogP contribution in [0.3, 0.4) is 0 Å². The van der Waals surface area contributed by atoms with Crippen molar-refractivity contribution in [3.8, 4) is 22.8 Å². The number of rotatable bonds is 12. The Hall–Kier alpha value is -4.15. The Morgan fingerprint density at radius 3 is 2.51 bits per heavy atom. The number of carbonyl (C=O) groups is 2. The van der Waals surface area contributed by atoms with Crippen LogP contribution in [0.2, 0.25) is 0 Å². The SMILES string of the molecule is COc1ccccc1-c1cc(C(CCCCOC(N)=O)NC(=O)c2ccccc2OC(F)F)[nH]n1. The van der Waals surface area contributed by atoms with Gasteiger partial charge in [-0.05, 0) is 49.6 Å². The lowest BCUT2D eigenvalue weighted by atomic mass is 10.0. The number of halogens is 2. The molecule has 0 bridgehead atoms. The smallest absolute Gasteiger partial charge is 0.404 e. The summed E-state index contributed by atoms with van der Waals surface area (Å²) in [6.07, 6.45) is 0.657. The third-order valence-corrected chi connectivity index (χ3v) is 5.14. The first kappa shape index (κ1) is 25.5. The maximum absolute atomic E-state index is 13.0. The predicted octanol–water partition coefficient (Wildman–Crippen LogP) is 4.42. The third-order valence-electron chi connectivity index (χ3n) is 5.14. The molecule has 0 spiro atoms. The summed E-state index contributed by atoms with van der Waals surface area (Å²) in [7, 11) is 1.56. The van der Waals surface area contributed by atoms with E-state index in [-0.39, 0.29) is 17.9 Å². The van der Waals surface area contributed by atoms with Crippen molar-refractivity contribution in [2.45, 2.75) is 31.9 Å². The van der Waals surface area contributed by atoms with E-state index in [9.17, 15) is 18.4 Å². The first-order valence-electron chi connectivity index (χ1n) is 10.8. The number of para-hydroxylation sites is 2. The minimum absolute atomic E-state index is 0.0284. The number of primary amides is 1. The molecule has 3 rings (SSSR count). The molecule has 4 N–H and O–H groups in total. The van der Waals surface area contributed by atoms with Gasteiger partial charge in [0.2, 0.25) is 0 Å². The first-order valence-corrected chi connectivity index (χ1v) is 10.8. The number of amides is 2. The van der Waals surface area contributed by atoms with Gasteiger partial charge in [-0.25, -0.2) is 4.79 Å². The van der Waals surface area contributed by atoms with Crippen LogP contribution >= 0.6 is 0 Å². The number of benzene rings is 2. The summed E-state index contributed by atoms with van der Waals surface area (Å²) in [5.74, 6) is -0.186. The molecule has 3 aromatic rings. The van der Waals surface area contributed by atoms with Crippen LogP contribution < -0.4 is 20.5 Å². The molecule has 0 aliphatic heterocycles. The Kier molecular flexibility index (Phi) is 8.99. The van der Waals surface area contributed by atoms with Crippen LogP contribution in [-0.4, -0.2) is 42.5 Å². The second-order valence-corrected chi connectivity index (χ2v) is 7.47. The number of alkyl halides is 2. The molecule has 2 amide bonds. The van der Waals surface area contributed by atoms with Gasteiger partial charge in [-0.1, -0.05) is 24.3 Å². The average Bonchev–Trinajstić information content (AvgIpc) is 3.33. The molecule has 11 heteroatoms. The summed E-state index contributed by atoms with van der Waals surface area (Å²) in [6.45, 7) is -2.93. The number of unbranched alkanes of at least 4 members (excludes halogenated alkanes) is 1. The molecule has 1 atom stereocenters. The molecule has 1 aromatic heterocycles. The van der Waals surface area contributed by atoms with Crippen LogP contribution in [0.25, 0.3) is 11.3 Å². The standard InChI is InChI=1S/C24H26F2N4O5/c1-33-20-11-4-2-8-15(20)18-14-19(30-29-18)17(10-6-7-13-34-24(27)32)28-22(31)16-9-3-5-12-21(16)35-23(25)26/h2-5,8-9,11-12,14,17,23H,6-7,10,13H2,1H3,(H2,27,32)(H,28,31)(H,29,30). The lowest BCUT2D eigenvalue weighted by Crippen LogP contribution is -2.29. The molecular weight excluding hydrogens is 462 g/mol. The van der Waals surface area contributed by atoms with Crippen molar-refractivity contribution in [3.63, 3.8) is 0 Å². The number of ether oxygens (including phenoxy) is 3. The normalized spacial score (nSPS) is 11.7. The number of nitrogens with zero attached hydrogens (tertiary/aromatic N) is 1. The maximum Gasteiger partial charge on any atom is 0.404 e. The Morgan fingerprint density at radius 1 is 1.09 bits per heavy atom. The Bertz CT molecular complexity index is 1140. The second kappa shape index (κ2) is 12.4. The highest BCUT2D eigenvalue weighted by Gasteiger charge is 2.22. The monoisotopic (exact) mass is 488 g/mol. The van der Waals surface area contributed by atoms with Gasteiger partial charge in [0.1, 0.15) is 11.5 Å². The maximum atomic E-state index is 13.0. The van der Waals surface area contributed by atoms with Crippen LogP contribution in [0, 0.1) is 0 Å². The number of hydrogen-bond acceptors (Lipinski definition) is 6. The van der Waals surface area contributed by atoms with Gasteiger partial charge < -0.3 is 25.3 Å². The van der Waals surface area contributed by atoms with Crippen molar-refractivity contribution in [2.75, 3.05) is 13.7 Å². The van der Waals surface area contributed by atoms with Gasteiger partial charge in [-0.3, -0.25) is 9.89 Å². The largest absolute Gasteiger partial charge is 0.496 e. The molecule has 0 aliphatic rings. The first-order chi connectivity index (χ1) is 16.9. The summed E-state index contributed by atoms with van der Waals surface area (Å²) in [4.78, 5) is 23.8. The zero-order chi connectivity index (χ0) is 25.2. The fraction of sp³-hybridized carbons (Fsp3) is 0.292. The Morgan fingerprint density at radius 2 is 1.80 bits per heavy atom. The van der Waals surface area contributed by atoms with Gasteiger partial charge in [-0.2, -0.15) is 13.9 Å². The van der Waals surface area contributed by atoms with Gasteiger partial charge >= 0.3 is 12.7 Å². The number of methoxy groups -OCH3 is 1. The number of nitrogens with one attached hydrogen (secondary N) is 2. The Labute approximate surface area is 200 Å². The van der Waals surface area contributed by atoms with E-state index in [1.165, 1.54) is 18.2 Å². The van der Waals surface area contributed by atoms with E-state index >= 15 is 0 Å². The van der Waals surface area contributed by atoms with Crippen molar-refractivity contribution < 1.29 is 32.6 Å². The number of aromatic amines is 1. The molecule has 1 unspecified atom stereocenters. The number of hydrogen-bond donors (Lipinski definition) is 3. The van der Waals surface area contributed by atoms with Crippen LogP contribution in [0.5, 0.6) is 11.5 Å². The third kappa shape index (κ3) is 7.16. The Balaban J connectivity index is 1.81. The van der Waals surface area contributed by atoms with Crippen LogP contribution in [0.4, 0.5) is 13.6 Å². The fourth-order valence-corrected chi connectivity index (χ4v) is 3.53. The van der Waals surface area contributed by atoms with Crippen molar-refractivity contribution >= 4 is 12.0 Å². The van der Waals surface area contributed by atoms with Gasteiger partial charge in [0.15, 0.2) is 0 Å². The fourth-order valence-electron chi connectivity index (χ4n) is 3.53. The minimum Gasteiger partial charge on any atom is -0.496 e. The highest BCUT2D eigenvalue weighted by molar-refractivity contribution is 5.97. The van der Waals surface area contributed by atoms with E-state index in [1.807, 2.05) is 24.3 Å². The number of nitrogens with two attached hydrogens (primary N) is 1. The van der Waals surface area contributed by atoms with E-state index < -0.39 is 24.7 Å². The van der Waals surface area contributed by atoms with Crippen LogP contribution in [0.15, 0.2) is 54.6 Å². The molecule has 0 fully saturated rings. The average molecular weight is 488 g/mol. The lowest BCUT2D eigenvalue weighted by Gasteiger charge is -2.18. The van der Waals surface area contributed by atoms with Crippen LogP contribution in [0.1, 0.15) is 41.4 Å². The molecule has 0 aliphatic carbocycles. The van der Waals surface area contributed by atoms with Crippen molar-refractivity contribution in [1.82, 2.24) is 15.5 Å². The molecule has 35 heavy (non-hydrogen) atoms. The second-order valence-electron chi connectivity index (χ2n) is 7.47. The lowest BCUT2D eigenvalue weighted by molar-refractivity contribution is -0.0501. The highest BCUT2D eigenvalue weighted by atomic mass is 19.3. The highest BCUT2D eigenvalue weighted by Crippen LogP contribution is 2.31. The minimum atomic E-state index is -3.07. The van der Waals surface area contributed by atoms with Crippen molar-refractivity contribution in [1.29, 1.82) is 0 Å². The van der Waals surface area contributed by atoms with Gasteiger partial charge in [0.05, 0.1) is 36.7 Å². The van der Waals surface area contributed by atoms with E-state index in [0.717, 1.165) is 5.56 Å². The van der Waals surface area contributed by atoms with E-state index in [1.54, 1.807) is 19.2 Å². The van der Waals surface area contributed by atoms with Gasteiger partial charge in [0, 0.05) is 5.56 Å².